The van der Waals surface area contributed by atoms with Crippen LogP contribution < -0.4 is 16.0 Å². The number of carbonyl (C=O) groups excluding carboxylic acids is 3. The van der Waals surface area contributed by atoms with Gasteiger partial charge in [0.2, 0.25) is 5.91 Å². The number of benzene rings is 2. The number of ketones is 1. The third-order valence-electron chi connectivity index (χ3n) is 5.34. The smallest absolute Gasteiger partial charge is 0.323 e. The minimum Gasteiger partial charge on any atom is -0.364 e. The molecule has 2 aromatic carbocycles. The maximum absolute atomic E-state index is 13.2. The summed E-state index contributed by atoms with van der Waals surface area (Å²) < 4.78 is 0. The second-order valence-corrected chi connectivity index (χ2v) is 7.24. The van der Waals surface area contributed by atoms with Gasteiger partial charge in [0.25, 0.3) is 0 Å². The average Bonchev–Trinajstić information content (AvgIpc) is 2.93. The van der Waals surface area contributed by atoms with Crippen LogP contribution in [0.3, 0.4) is 0 Å². The van der Waals surface area contributed by atoms with Crippen molar-refractivity contribution in [3.8, 4) is 0 Å². The van der Waals surface area contributed by atoms with Crippen LogP contribution in [0.4, 0.5) is 4.79 Å². The molecule has 2 aromatic rings. The molecular formula is C20H14ClN3O3. The molecule has 3 unspecified atom stereocenters. The number of hydrogen-bond acceptors (Lipinski definition) is 4. The standard InChI is InChI=1S/C20H14ClN3O3/c21-10-7-5-9(6-8-10)13-14-16(11-3-1-2-4-12(11)17(14)25)22-18-15(13)19(26)24-20(27)23-18/h1-8,13,15,18,22H,(H2,23,24,26,27). The van der Waals surface area contributed by atoms with E-state index in [1.807, 2.05) is 30.3 Å². The lowest BCUT2D eigenvalue weighted by molar-refractivity contribution is -0.126. The number of rotatable bonds is 1. The Bertz CT molecular complexity index is 1040. The molecule has 3 aliphatic rings. The van der Waals surface area contributed by atoms with E-state index in [0.29, 0.717) is 21.9 Å². The van der Waals surface area contributed by atoms with Crippen molar-refractivity contribution in [2.45, 2.75) is 12.1 Å². The van der Waals surface area contributed by atoms with Crippen LogP contribution in [0.2, 0.25) is 5.02 Å². The van der Waals surface area contributed by atoms with Gasteiger partial charge in [-0.3, -0.25) is 14.9 Å². The van der Waals surface area contributed by atoms with E-state index >= 15 is 0 Å². The predicted octanol–water partition coefficient (Wildman–Crippen LogP) is 2.42. The van der Waals surface area contributed by atoms with Crippen molar-refractivity contribution >= 4 is 35.0 Å². The van der Waals surface area contributed by atoms with E-state index in [2.05, 4.69) is 16.0 Å². The quantitative estimate of drug-likeness (QED) is 0.710. The van der Waals surface area contributed by atoms with Gasteiger partial charge in [-0.05, 0) is 17.7 Å². The highest BCUT2D eigenvalue weighted by Gasteiger charge is 2.51. The molecule has 3 N–H and O–H groups in total. The molecule has 0 saturated carbocycles. The number of carbonyl (C=O) groups is 3. The fourth-order valence-corrected chi connectivity index (χ4v) is 4.34. The van der Waals surface area contributed by atoms with Crippen molar-refractivity contribution in [2.75, 3.05) is 0 Å². The number of amides is 3. The SMILES string of the molecule is O=C1NC(=O)C2C(N1)NC1=C(C(=O)c3ccccc31)C2c1ccc(Cl)cc1. The molecule has 1 fully saturated rings. The number of urea groups is 1. The normalized spacial score (nSPS) is 25.8. The largest absolute Gasteiger partial charge is 0.364 e. The molecule has 1 aliphatic carbocycles. The van der Waals surface area contributed by atoms with Crippen molar-refractivity contribution in [1.82, 2.24) is 16.0 Å². The molecule has 5 rings (SSSR count). The number of fused-ring (bicyclic) bond motifs is 3. The second kappa shape index (κ2) is 5.69. The summed E-state index contributed by atoms with van der Waals surface area (Å²) >= 11 is 6.02. The molecule has 6 nitrogen and oxygen atoms in total. The van der Waals surface area contributed by atoms with Crippen LogP contribution in [-0.4, -0.2) is 23.9 Å². The molecule has 134 valence electrons. The lowest BCUT2D eigenvalue weighted by atomic mass is 9.74. The number of Topliss-reactive ketones (excluding diaryl/α,β-unsaturated/α-hetero) is 1. The van der Waals surface area contributed by atoms with E-state index < -0.39 is 29.9 Å². The number of hydrogen-bond donors (Lipinski definition) is 3. The first-order chi connectivity index (χ1) is 13.0. The number of halogens is 1. The number of imide groups is 1. The van der Waals surface area contributed by atoms with Gasteiger partial charge in [0.1, 0.15) is 6.17 Å². The summed E-state index contributed by atoms with van der Waals surface area (Å²) in [5.74, 6) is -1.66. The van der Waals surface area contributed by atoms with E-state index in [9.17, 15) is 14.4 Å². The Hall–Kier alpha value is -3.12. The van der Waals surface area contributed by atoms with Crippen LogP contribution in [0, 0.1) is 5.92 Å². The summed E-state index contributed by atoms with van der Waals surface area (Å²) in [6, 6.07) is 13.9. The molecule has 3 amide bonds. The Morgan fingerprint density at radius 2 is 1.56 bits per heavy atom. The first kappa shape index (κ1) is 16.1. The van der Waals surface area contributed by atoms with Gasteiger partial charge in [0.15, 0.2) is 5.78 Å². The molecule has 27 heavy (non-hydrogen) atoms. The van der Waals surface area contributed by atoms with Crippen molar-refractivity contribution in [3.05, 3.63) is 75.8 Å². The Morgan fingerprint density at radius 1 is 0.852 bits per heavy atom. The number of allylic oxidation sites excluding steroid dienone is 1. The van der Waals surface area contributed by atoms with E-state index in [1.54, 1.807) is 18.2 Å². The topological polar surface area (TPSA) is 87.3 Å². The summed E-state index contributed by atoms with van der Waals surface area (Å²) in [5.41, 5.74) is 3.41. The van der Waals surface area contributed by atoms with Gasteiger partial charge in [0, 0.05) is 27.6 Å². The molecule has 0 radical (unpaired) electrons. The second-order valence-electron chi connectivity index (χ2n) is 6.80. The molecule has 2 aliphatic heterocycles. The molecule has 1 saturated heterocycles. The summed E-state index contributed by atoms with van der Waals surface area (Å²) in [4.78, 5) is 37.7. The zero-order valence-electron chi connectivity index (χ0n) is 14.0. The monoisotopic (exact) mass is 379 g/mol. The Balaban J connectivity index is 1.73. The van der Waals surface area contributed by atoms with Gasteiger partial charge in [-0.15, -0.1) is 0 Å². The molecule has 0 aromatic heterocycles. The van der Waals surface area contributed by atoms with Gasteiger partial charge in [-0.25, -0.2) is 4.79 Å². The highest BCUT2D eigenvalue weighted by atomic mass is 35.5. The van der Waals surface area contributed by atoms with Crippen LogP contribution in [0.15, 0.2) is 54.1 Å². The van der Waals surface area contributed by atoms with Crippen molar-refractivity contribution in [1.29, 1.82) is 0 Å². The van der Waals surface area contributed by atoms with Crippen LogP contribution in [0.5, 0.6) is 0 Å². The zero-order valence-corrected chi connectivity index (χ0v) is 14.7. The summed E-state index contributed by atoms with van der Waals surface area (Å²) in [6.07, 6.45) is -0.607. The minimum absolute atomic E-state index is 0.101. The lowest BCUT2D eigenvalue weighted by Crippen LogP contribution is -2.65. The van der Waals surface area contributed by atoms with Gasteiger partial charge in [-0.1, -0.05) is 48.0 Å². The fourth-order valence-electron chi connectivity index (χ4n) is 4.22. The predicted molar refractivity (Wildman–Crippen MR) is 99.0 cm³/mol. The molecule has 2 heterocycles. The maximum atomic E-state index is 13.2. The summed E-state index contributed by atoms with van der Waals surface area (Å²) in [7, 11) is 0. The number of nitrogens with one attached hydrogen (secondary N) is 3. The van der Waals surface area contributed by atoms with E-state index in [4.69, 9.17) is 11.6 Å². The third kappa shape index (κ3) is 2.30. The Morgan fingerprint density at radius 3 is 2.30 bits per heavy atom. The van der Waals surface area contributed by atoms with Gasteiger partial charge < -0.3 is 10.6 Å². The Labute approximate surface area is 159 Å². The summed E-state index contributed by atoms with van der Waals surface area (Å²) in [6.45, 7) is 0. The van der Waals surface area contributed by atoms with E-state index in [1.165, 1.54) is 0 Å². The molecule has 3 atom stereocenters. The van der Waals surface area contributed by atoms with Crippen LogP contribution >= 0.6 is 11.6 Å². The zero-order chi connectivity index (χ0) is 18.7. The first-order valence-electron chi connectivity index (χ1n) is 8.56. The molecular weight excluding hydrogens is 366 g/mol. The minimum atomic E-state index is -0.652. The van der Waals surface area contributed by atoms with E-state index in [0.717, 1.165) is 11.1 Å². The van der Waals surface area contributed by atoms with Gasteiger partial charge >= 0.3 is 6.03 Å². The highest BCUT2D eigenvalue weighted by molar-refractivity contribution is 6.30. The van der Waals surface area contributed by atoms with E-state index in [-0.39, 0.29) is 5.78 Å². The maximum Gasteiger partial charge on any atom is 0.323 e. The highest BCUT2D eigenvalue weighted by Crippen LogP contribution is 2.47. The molecule has 0 bridgehead atoms. The van der Waals surface area contributed by atoms with Crippen molar-refractivity contribution in [3.63, 3.8) is 0 Å². The average molecular weight is 380 g/mol. The van der Waals surface area contributed by atoms with Crippen molar-refractivity contribution < 1.29 is 14.4 Å². The first-order valence-corrected chi connectivity index (χ1v) is 8.94. The Kier molecular flexibility index (Phi) is 3.39. The summed E-state index contributed by atoms with van der Waals surface area (Å²) in [5, 5.41) is 8.87. The molecule has 7 heteroatoms. The van der Waals surface area contributed by atoms with Crippen LogP contribution in [0.1, 0.15) is 27.4 Å². The van der Waals surface area contributed by atoms with Gasteiger partial charge in [0.05, 0.1) is 11.6 Å². The van der Waals surface area contributed by atoms with Crippen LogP contribution in [-0.2, 0) is 4.79 Å². The fraction of sp³-hybridized carbons (Fsp3) is 0.150. The third-order valence-corrected chi connectivity index (χ3v) is 5.59. The lowest BCUT2D eigenvalue weighted by Gasteiger charge is -2.41. The van der Waals surface area contributed by atoms with Crippen molar-refractivity contribution in [2.24, 2.45) is 5.92 Å². The van der Waals surface area contributed by atoms with Gasteiger partial charge in [-0.2, -0.15) is 0 Å². The molecule has 0 spiro atoms. The van der Waals surface area contributed by atoms with Crippen LogP contribution in [0.25, 0.3) is 5.70 Å².